The summed E-state index contributed by atoms with van der Waals surface area (Å²) < 4.78 is 17.1. The third kappa shape index (κ3) is 6.62. The van der Waals surface area contributed by atoms with E-state index in [-0.39, 0.29) is 12.4 Å². The Labute approximate surface area is 229 Å². The van der Waals surface area contributed by atoms with E-state index in [1.165, 1.54) is 6.92 Å². The fourth-order valence-corrected chi connectivity index (χ4v) is 4.81. The molecule has 4 N–H and O–H groups in total. The van der Waals surface area contributed by atoms with Crippen LogP contribution in [0, 0.1) is 6.92 Å². The summed E-state index contributed by atoms with van der Waals surface area (Å²) >= 11 is 6.61. The number of aliphatic hydroxyl groups excluding tert-OH is 1. The minimum absolute atomic E-state index is 0.102. The number of allylic oxidation sites excluding steroid dienone is 2. The second kappa shape index (κ2) is 12.9. The molecule has 38 heavy (non-hydrogen) atoms. The molecule has 0 radical (unpaired) electrons. The number of anilines is 1. The van der Waals surface area contributed by atoms with Crippen molar-refractivity contribution in [3.63, 3.8) is 0 Å². The lowest BCUT2D eigenvalue weighted by Crippen LogP contribution is -2.47. The first kappa shape index (κ1) is 29.8. The smallest absolute Gasteiger partial charge is 0.170 e. The Kier molecular flexibility index (Phi) is 10.1. The lowest BCUT2D eigenvalue weighted by Gasteiger charge is -2.40. The number of aromatic nitrogens is 2. The summed E-state index contributed by atoms with van der Waals surface area (Å²) in [6.45, 7) is 6.79. The Balaban J connectivity index is 2.11. The Bertz CT molecular complexity index is 1170. The third-order valence-corrected chi connectivity index (χ3v) is 7.06. The molecular weight excluding hydrogens is 510 g/mol. The number of hydrogen-bond acceptors (Lipinski definition) is 10. The number of benzene rings is 1. The molecule has 11 heteroatoms. The first-order valence-corrected chi connectivity index (χ1v) is 12.9. The van der Waals surface area contributed by atoms with Crippen molar-refractivity contribution in [1.82, 2.24) is 15.3 Å². The number of hydrogen-bond donors (Lipinski definition) is 3. The molecule has 0 unspecified atom stereocenters. The Morgan fingerprint density at radius 3 is 2.45 bits per heavy atom. The van der Waals surface area contributed by atoms with Crippen LogP contribution in [0.25, 0.3) is 17.0 Å². The highest BCUT2D eigenvalue weighted by Gasteiger charge is 2.36. The van der Waals surface area contributed by atoms with Crippen LogP contribution in [0.2, 0.25) is 5.02 Å². The van der Waals surface area contributed by atoms with Gasteiger partial charge in [0.05, 0.1) is 16.3 Å². The summed E-state index contributed by atoms with van der Waals surface area (Å²) in [7, 11) is 5.05. The zero-order valence-electron chi connectivity index (χ0n) is 22.9. The zero-order chi connectivity index (χ0) is 28.0. The monoisotopic (exact) mass is 547 g/mol. The van der Waals surface area contributed by atoms with Crippen molar-refractivity contribution < 1.29 is 24.1 Å². The van der Waals surface area contributed by atoms with Crippen molar-refractivity contribution in [1.29, 1.82) is 0 Å². The van der Waals surface area contributed by atoms with E-state index in [0.29, 0.717) is 77.4 Å². The Morgan fingerprint density at radius 2 is 1.89 bits per heavy atom. The highest BCUT2D eigenvalue weighted by Crippen LogP contribution is 2.36. The first-order chi connectivity index (χ1) is 18.1. The van der Waals surface area contributed by atoms with Gasteiger partial charge in [0.15, 0.2) is 17.4 Å². The molecule has 0 amide bonds. The van der Waals surface area contributed by atoms with Crippen molar-refractivity contribution in [2.45, 2.75) is 45.5 Å². The largest absolute Gasteiger partial charge is 0.491 e. The van der Waals surface area contributed by atoms with Gasteiger partial charge in [-0.3, -0.25) is 4.79 Å². The molecule has 1 fully saturated rings. The van der Waals surface area contributed by atoms with Gasteiger partial charge in [0, 0.05) is 63.5 Å². The third-order valence-electron chi connectivity index (χ3n) is 6.73. The van der Waals surface area contributed by atoms with Crippen LogP contribution in [0.3, 0.4) is 0 Å². The van der Waals surface area contributed by atoms with Gasteiger partial charge >= 0.3 is 0 Å². The number of carbonyl (C=O) groups is 1. The molecule has 3 rings (SSSR count). The molecule has 2 heterocycles. The first-order valence-electron chi connectivity index (χ1n) is 12.5. The standard InChI is InChI=1S/C27H38ClN5O5/c1-16-24(23(17(2)29)18(3)34)31-25(32-26(16)33-11-9-27(36-5,37-6)10-12-33)21-13-20(7-8-22(21)28)38-15-19(35)14-30-4/h7-8,13,19,30,35H,9-12,14-15,29H2,1-6H3/t19-/m1/s1. The van der Waals surface area contributed by atoms with E-state index in [0.717, 1.165) is 5.56 Å². The fraction of sp³-hybridized carbons (Fsp3) is 0.519. The average molecular weight is 548 g/mol. The molecule has 1 aromatic heterocycles. The van der Waals surface area contributed by atoms with E-state index >= 15 is 0 Å². The highest BCUT2D eigenvalue weighted by molar-refractivity contribution is 6.33. The quantitative estimate of drug-likeness (QED) is 0.285. The van der Waals surface area contributed by atoms with Crippen LogP contribution in [0.5, 0.6) is 5.75 Å². The second-order valence-corrected chi connectivity index (χ2v) is 9.84. The van der Waals surface area contributed by atoms with Gasteiger partial charge in [0.25, 0.3) is 0 Å². The van der Waals surface area contributed by atoms with E-state index < -0.39 is 11.9 Å². The summed E-state index contributed by atoms with van der Waals surface area (Å²) in [5, 5.41) is 13.4. The number of rotatable bonds is 11. The summed E-state index contributed by atoms with van der Waals surface area (Å²) in [5.74, 6) is 0.683. The van der Waals surface area contributed by atoms with Crippen LogP contribution in [-0.2, 0) is 14.3 Å². The average Bonchev–Trinajstić information content (AvgIpc) is 2.89. The SMILES string of the molecule is CNC[C@@H](O)COc1ccc(Cl)c(-c2nc(C(C(C)=O)=C(C)N)c(C)c(N3CCC(OC)(OC)CC3)n2)c1. The van der Waals surface area contributed by atoms with Crippen molar-refractivity contribution in [3.8, 4) is 17.1 Å². The van der Waals surface area contributed by atoms with Gasteiger partial charge in [-0.05, 0) is 46.0 Å². The van der Waals surface area contributed by atoms with Gasteiger partial charge in [-0.15, -0.1) is 0 Å². The summed E-state index contributed by atoms with van der Waals surface area (Å²) in [5.41, 5.74) is 8.59. The number of ketones is 1. The van der Waals surface area contributed by atoms with Gasteiger partial charge in [0.2, 0.25) is 0 Å². The maximum atomic E-state index is 12.6. The number of likely N-dealkylation sites (N-methyl/N-ethyl adjacent to an activating group) is 1. The molecule has 1 saturated heterocycles. The number of methoxy groups -OCH3 is 2. The number of nitrogens with zero attached hydrogens (tertiary/aromatic N) is 3. The van der Waals surface area contributed by atoms with E-state index in [4.69, 9.17) is 41.5 Å². The van der Waals surface area contributed by atoms with Crippen LogP contribution < -0.4 is 20.7 Å². The molecule has 1 aliphatic heterocycles. The van der Waals surface area contributed by atoms with Gasteiger partial charge < -0.3 is 35.3 Å². The van der Waals surface area contributed by atoms with Crippen LogP contribution in [0.4, 0.5) is 5.82 Å². The molecule has 0 saturated carbocycles. The molecule has 2 aromatic rings. The van der Waals surface area contributed by atoms with Gasteiger partial charge in [-0.2, -0.15) is 0 Å². The molecule has 1 aliphatic rings. The van der Waals surface area contributed by atoms with Crippen LogP contribution in [0.15, 0.2) is 23.9 Å². The Hall–Kier alpha value is -2.76. The number of halogens is 1. The van der Waals surface area contributed by atoms with Crippen LogP contribution in [-0.4, -0.2) is 80.3 Å². The summed E-state index contributed by atoms with van der Waals surface area (Å²) in [4.78, 5) is 24.5. The minimum Gasteiger partial charge on any atom is -0.491 e. The number of Topliss-reactive ketones (excluding diaryl/α,β-unsaturated/α-hetero) is 1. The Morgan fingerprint density at radius 1 is 1.24 bits per heavy atom. The fourth-order valence-electron chi connectivity index (χ4n) is 4.61. The van der Waals surface area contributed by atoms with Crippen molar-refractivity contribution in [3.05, 3.63) is 40.2 Å². The molecule has 0 aliphatic carbocycles. The molecule has 1 atom stereocenters. The molecule has 1 aromatic carbocycles. The van der Waals surface area contributed by atoms with Crippen molar-refractivity contribution in [2.24, 2.45) is 5.73 Å². The van der Waals surface area contributed by atoms with E-state index in [1.54, 1.807) is 46.4 Å². The number of nitrogens with one attached hydrogen (secondary N) is 1. The maximum Gasteiger partial charge on any atom is 0.170 e. The topological polar surface area (TPSA) is 132 Å². The number of aliphatic hydroxyl groups is 1. The molecule has 0 spiro atoms. The molecule has 208 valence electrons. The van der Waals surface area contributed by atoms with E-state index in [2.05, 4.69) is 10.2 Å². The lowest BCUT2D eigenvalue weighted by atomic mass is 9.99. The minimum atomic E-state index is -0.672. The molecule has 0 bridgehead atoms. The van der Waals surface area contributed by atoms with Crippen molar-refractivity contribution in [2.75, 3.05) is 52.4 Å². The summed E-state index contributed by atoms with van der Waals surface area (Å²) in [6, 6.07) is 5.15. The van der Waals surface area contributed by atoms with Crippen LogP contribution in [0.1, 0.15) is 37.9 Å². The highest BCUT2D eigenvalue weighted by atomic mass is 35.5. The predicted octanol–water partition coefficient (Wildman–Crippen LogP) is 2.93. The van der Waals surface area contributed by atoms with Gasteiger partial charge in [0.1, 0.15) is 24.3 Å². The van der Waals surface area contributed by atoms with Crippen LogP contribution >= 0.6 is 11.6 Å². The number of piperidine rings is 1. The number of ether oxygens (including phenoxy) is 3. The number of nitrogens with two attached hydrogens (primary N) is 1. The number of carbonyl (C=O) groups excluding carboxylic acids is 1. The van der Waals surface area contributed by atoms with E-state index in [1.807, 2.05) is 6.92 Å². The predicted molar refractivity (Wildman–Crippen MR) is 148 cm³/mol. The summed E-state index contributed by atoms with van der Waals surface area (Å²) in [6.07, 6.45) is 0.603. The normalized spacial score (nSPS) is 16.7. The van der Waals surface area contributed by atoms with Crippen molar-refractivity contribution >= 4 is 28.8 Å². The van der Waals surface area contributed by atoms with Gasteiger partial charge in [-0.25, -0.2) is 9.97 Å². The zero-order valence-corrected chi connectivity index (χ0v) is 23.7. The second-order valence-electron chi connectivity index (χ2n) is 9.43. The van der Waals surface area contributed by atoms with Gasteiger partial charge in [-0.1, -0.05) is 11.6 Å². The lowest BCUT2D eigenvalue weighted by molar-refractivity contribution is -0.216. The molecular formula is C27H38ClN5O5. The van der Waals surface area contributed by atoms with E-state index in [9.17, 15) is 9.90 Å². The molecule has 10 nitrogen and oxygen atoms in total. The maximum absolute atomic E-state index is 12.6.